The maximum Gasteiger partial charge on any atom is 0.416 e. The van der Waals surface area contributed by atoms with E-state index in [9.17, 15) is 27.3 Å². The quantitative estimate of drug-likeness (QED) is 0.262. The van der Waals surface area contributed by atoms with Gasteiger partial charge in [-0.1, -0.05) is 11.3 Å². The monoisotopic (exact) mass is 554 g/mol. The van der Waals surface area contributed by atoms with Gasteiger partial charge in [-0.15, -0.1) is 5.10 Å². The molecular formula is C26H21F3N6O3S. The van der Waals surface area contributed by atoms with Gasteiger partial charge in [0.05, 0.1) is 29.1 Å². The summed E-state index contributed by atoms with van der Waals surface area (Å²) in [6, 6.07) is 13.1. The smallest absolute Gasteiger partial charge is 0.416 e. The Morgan fingerprint density at radius 3 is 2.56 bits per heavy atom. The van der Waals surface area contributed by atoms with Gasteiger partial charge in [0.2, 0.25) is 0 Å². The van der Waals surface area contributed by atoms with Crippen molar-refractivity contribution in [3.05, 3.63) is 99.7 Å². The Hall–Kier alpha value is -4.41. The largest absolute Gasteiger partial charge is 0.606 e. The first-order valence-corrected chi connectivity index (χ1v) is 12.7. The van der Waals surface area contributed by atoms with Crippen LogP contribution in [0.25, 0.3) is 5.69 Å². The molecule has 0 fully saturated rings. The van der Waals surface area contributed by atoms with E-state index in [-0.39, 0.29) is 33.3 Å². The van der Waals surface area contributed by atoms with E-state index in [0.29, 0.717) is 18.5 Å². The molecule has 0 bridgehead atoms. The van der Waals surface area contributed by atoms with Crippen LogP contribution in [-0.4, -0.2) is 36.6 Å². The molecule has 0 aliphatic heterocycles. The fourth-order valence-corrected chi connectivity index (χ4v) is 5.05. The van der Waals surface area contributed by atoms with Crippen molar-refractivity contribution in [3.8, 4) is 11.8 Å². The SMILES string of the molecule is Cc1c([S+]([O-])c2ccc(C#N)cc2)cc(C(=O)NCCCn2ccnn2)c(=O)n1-c1cccc(C(F)(F)F)c1. The second kappa shape index (κ2) is 11.5. The van der Waals surface area contributed by atoms with E-state index < -0.39 is 34.4 Å². The predicted molar refractivity (Wildman–Crippen MR) is 135 cm³/mol. The van der Waals surface area contributed by atoms with Crippen molar-refractivity contribution in [3.63, 3.8) is 0 Å². The van der Waals surface area contributed by atoms with E-state index in [4.69, 9.17) is 5.26 Å². The van der Waals surface area contributed by atoms with E-state index in [0.717, 1.165) is 22.8 Å². The Morgan fingerprint density at radius 2 is 1.92 bits per heavy atom. The van der Waals surface area contributed by atoms with Gasteiger partial charge in [-0.05, 0) is 55.8 Å². The van der Waals surface area contributed by atoms with Crippen LogP contribution in [0.5, 0.6) is 0 Å². The van der Waals surface area contributed by atoms with E-state index >= 15 is 0 Å². The Morgan fingerprint density at radius 1 is 1.18 bits per heavy atom. The number of hydrogen-bond acceptors (Lipinski definition) is 6. The molecule has 4 rings (SSSR count). The number of amides is 1. The van der Waals surface area contributed by atoms with Gasteiger partial charge in [0, 0.05) is 42.2 Å². The van der Waals surface area contributed by atoms with Crippen molar-refractivity contribution in [2.75, 3.05) is 6.54 Å². The summed E-state index contributed by atoms with van der Waals surface area (Å²) in [7, 11) is 0. The normalized spacial score (nSPS) is 12.1. The lowest BCUT2D eigenvalue weighted by Gasteiger charge is -2.19. The molecule has 1 amide bonds. The number of nitrogens with one attached hydrogen (secondary N) is 1. The van der Waals surface area contributed by atoms with Crippen molar-refractivity contribution < 1.29 is 22.5 Å². The summed E-state index contributed by atoms with van der Waals surface area (Å²) in [6.07, 6.45) is -1.04. The zero-order chi connectivity index (χ0) is 28.2. The summed E-state index contributed by atoms with van der Waals surface area (Å²) in [5, 5.41) is 19.2. The summed E-state index contributed by atoms with van der Waals surface area (Å²) in [5.41, 5.74) is -1.91. The minimum absolute atomic E-state index is 0.0597. The lowest BCUT2D eigenvalue weighted by Crippen LogP contribution is -2.35. The molecule has 1 unspecified atom stereocenters. The molecule has 9 nitrogen and oxygen atoms in total. The topological polar surface area (TPSA) is 129 Å². The number of aryl methyl sites for hydroxylation is 1. The van der Waals surface area contributed by atoms with Crippen LogP contribution in [0.2, 0.25) is 0 Å². The number of pyridine rings is 1. The van der Waals surface area contributed by atoms with Gasteiger partial charge in [0.15, 0.2) is 9.79 Å². The summed E-state index contributed by atoms with van der Waals surface area (Å²) in [5.74, 6) is -0.766. The van der Waals surface area contributed by atoms with Crippen molar-refractivity contribution in [2.45, 2.75) is 35.9 Å². The number of halogens is 3. The molecule has 2 heterocycles. The van der Waals surface area contributed by atoms with Crippen molar-refractivity contribution in [1.82, 2.24) is 24.9 Å². The van der Waals surface area contributed by atoms with Crippen molar-refractivity contribution >= 4 is 17.1 Å². The number of carbonyl (C=O) groups excluding carboxylic acids is 1. The van der Waals surface area contributed by atoms with Crippen LogP contribution in [0.15, 0.2) is 81.6 Å². The minimum atomic E-state index is -4.67. The molecule has 0 aliphatic carbocycles. The summed E-state index contributed by atoms with van der Waals surface area (Å²) < 4.78 is 56.3. The maximum atomic E-state index is 13.5. The number of aromatic nitrogens is 4. The molecule has 0 saturated carbocycles. The van der Waals surface area contributed by atoms with Gasteiger partial charge in [0.25, 0.3) is 11.5 Å². The van der Waals surface area contributed by atoms with E-state index in [2.05, 4.69) is 15.6 Å². The Labute approximate surface area is 223 Å². The highest BCUT2D eigenvalue weighted by atomic mass is 32.2. The maximum absolute atomic E-state index is 13.5. The lowest BCUT2D eigenvalue weighted by atomic mass is 10.1. The standard InChI is InChI=1S/C26H21F3N6O3S/c1-17-23(39(38)21-8-6-18(16-30)7-9-21)15-22(24(36)31-10-3-12-34-13-11-32-33-34)25(37)35(17)20-5-2-4-19(14-20)26(27,28)29/h2,4-9,11,13-15H,3,10,12H2,1H3,(H,31,36). The molecule has 1 N–H and O–H groups in total. The van der Waals surface area contributed by atoms with Crippen molar-refractivity contribution in [1.29, 1.82) is 5.26 Å². The Balaban J connectivity index is 1.76. The van der Waals surface area contributed by atoms with Crippen LogP contribution in [0.1, 0.15) is 33.6 Å². The molecule has 1 atom stereocenters. The first-order valence-electron chi connectivity index (χ1n) is 11.6. The third kappa shape index (κ3) is 6.19. The number of alkyl halides is 3. The van der Waals surface area contributed by atoms with Gasteiger partial charge < -0.3 is 9.87 Å². The van der Waals surface area contributed by atoms with E-state index in [1.54, 1.807) is 10.9 Å². The number of hydrogen-bond donors (Lipinski definition) is 1. The average molecular weight is 555 g/mol. The lowest BCUT2D eigenvalue weighted by molar-refractivity contribution is -0.137. The van der Waals surface area contributed by atoms with Gasteiger partial charge in [-0.2, -0.15) is 18.4 Å². The van der Waals surface area contributed by atoms with Gasteiger partial charge >= 0.3 is 6.18 Å². The first-order chi connectivity index (χ1) is 18.6. The number of rotatable bonds is 8. The second-order valence-corrected chi connectivity index (χ2v) is 9.83. The van der Waals surface area contributed by atoms with Gasteiger partial charge in [0.1, 0.15) is 5.56 Å². The van der Waals surface area contributed by atoms with Crippen LogP contribution in [0.3, 0.4) is 0 Å². The summed E-state index contributed by atoms with van der Waals surface area (Å²) >= 11 is -1.93. The third-order valence-corrected chi connectivity index (χ3v) is 7.31. The fraction of sp³-hybridized carbons (Fsp3) is 0.192. The van der Waals surface area contributed by atoms with Crippen molar-refractivity contribution in [2.24, 2.45) is 0 Å². The zero-order valence-corrected chi connectivity index (χ0v) is 21.3. The number of carbonyl (C=O) groups is 1. The molecule has 0 spiro atoms. The molecule has 13 heteroatoms. The highest BCUT2D eigenvalue weighted by Gasteiger charge is 2.32. The molecule has 0 aliphatic rings. The number of nitriles is 1. The highest BCUT2D eigenvalue weighted by molar-refractivity contribution is 7.91. The highest BCUT2D eigenvalue weighted by Crippen LogP contribution is 2.31. The predicted octanol–water partition coefficient (Wildman–Crippen LogP) is 3.61. The van der Waals surface area contributed by atoms with E-state index in [1.165, 1.54) is 49.5 Å². The van der Waals surface area contributed by atoms with Gasteiger partial charge in [-0.3, -0.25) is 18.8 Å². The van der Waals surface area contributed by atoms with E-state index in [1.807, 2.05) is 6.07 Å². The molecule has 200 valence electrons. The minimum Gasteiger partial charge on any atom is -0.606 e. The Kier molecular flexibility index (Phi) is 8.18. The molecule has 2 aromatic heterocycles. The van der Waals surface area contributed by atoms with Gasteiger partial charge in [-0.25, -0.2) is 0 Å². The first kappa shape index (κ1) is 27.6. The molecular weight excluding hydrogens is 533 g/mol. The number of nitrogens with zero attached hydrogens (tertiary/aromatic N) is 5. The molecule has 4 aromatic rings. The van der Waals surface area contributed by atoms with Crippen LogP contribution in [0.4, 0.5) is 13.2 Å². The van der Waals surface area contributed by atoms with Crippen LogP contribution in [0, 0.1) is 18.3 Å². The fourth-order valence-electron chi connectivity index (χ4n) is 3.83. The summed E-state index contributed by atoms with van der Waals surface area (Å²) in [6.45, 7) is 2.07. The van der Waals surface area contributed by atoms with Crippen LogP contribution < -0.4 is 10.9 Å². The molecule has 0 saturated heterocycles. The molecule has 2 aromatic carbocycles. The zero-order valence-electron chi connectivity index (χ0n) is 20.5. The Bertz CT molecular complexity index is 1580. The number of benzene rings is 2. The molecule has 0 radical (unpaired) electrons. The third-order valence-electron chi connectivity index (χ3n) is 5.80. The summed E-state index contributed by atoms with van der Waals surface area (Å²) in [4.78, 5) is 26.9. The van der Waals surface area contributed by atoms with Crippen LogP contribution in [-0.2, 0) is 23.9 Å². The second-order valence-electron chi connectivity index (χ2n) is 8.38. The molecule has 39 heavy (non-hydrogen) atoms. The van der Waals surface area contributed by atoms with Crippen LogP contribution >= 0.6 is 0 Å². The average Bonchev–Trinajstić information content (AvgIpc) is 3.44.